The van der Waals surface area contributed by atoms with E-state index in [1.165, 1.54) is 5.71 Å². The summed E-state index contributed by atoms with van der Waals surface area (Å²) in [7, 11) is -7.91. The van der Waals surface area contributed by atoms with Crippen molar-refractivity contribution in [2.45, 2.75) is 83.6 Å². The predicted molar refractivity (Wildman–Crippen MR) is 89.4 cm³/mol. The fourth-order valence-corrected chi connectivity index (χ4v) is 2.24. The minimum absolute atomic E-state index is 0.123. The van der Waals surface area contributed by atoms with Crippen LogP contribution in [-0.2, 0) is 19.5 Å². The molecule has 0 saturated heterocycles. The third kappa shape index (κ3) is 7.53. The molecule has 0 aliphatic carbocycles. The fraction of sp³-hybridized carbons (Fsp3) is 0.929. The number of halogens is 3. The van der Waals surface area contributed by atoms with Crippen molar-refractivity contribution in [2.75, 3.05) is 0 Å². The van der Waals surface area contributed by atoms with Crippen LogP contribution in [-0.4, -0.2) is 43.0 Å². The van der Waals surface area contributed by atoms with Crippen molar-refractivity contribution in [1.82, 2.24) is 0 Å². The molecule has 1 aliphatic heterocycles. The highest BCUT2D eigenvalue weighted by Gasteiger charge is 2.48. The molecule has 0 unspecified atom stereocenters. The van der Waals surface area contributed by atoms with Gasteiger partial charge in [0, 0.05) is 19.8 Å². The van der Waals surface area contributed by atoms with Crippen LogP contribution in [0.3, 0.4) is 0 Å². The van der Waals surface area contributed by atoms with Crippen LogP contribution < -0.4 is 0 Å². The molecule has 0 aromatic rings. The lowest BCUT2D eigenvalue weighted by Gasteiger charge is -2.33. The van der Waals surface area contributed by atoms with Crippen LogP contribution in [0.15, 0.2) is 0 Å². The van der Waals surface area contributed by atoms with E-state index in [0.29, 0.717) is 0 Å². The Bertz CT molecular complexity index is 607. The first-order valence-electron chi connectivity index (χ1n) is 7.73. The molecule has 0 bridgehead atoms. The fourth-order valence-electron chi connectivity index (χ4n) is 1.36. The van der Waals surface area contributed by atoms with E-state index in [2.05, 4.69) is 54.6 Å². The number of hydrogen-bond acceptors (Lipinski definition) is 5. The van der Waals surface area contributed by atoms with Gasteiger partial charge in [-0.1, -0.05) is 20.8 Å². The summed E-state index contributed by atoms with van der Waals surface area (Å²) < 4.78 is 65.1. The van der Waals surface area contributed by atoms with Gasteiger partial charge in [0.15, 0.2) is 20.6 Å². The predicted octanol–water partition coefficient (Wildman–Crippen LogP) is 3.95. The lowest BCUT2D eigenvalue weighted by Crippen LogP contribution is -2.48. The number of rotatable bonds is 2. The average Bonchev–Trinajstić information content (AvgIpc) is 2.30. The molecule has 25 heavy (non-hydrogen) atoms. The van der Waals surface area contributed by atoms with Crippen LogP contribution in [0.1, 0.15) is 54.4 Å². The summed E-state index contributed by atoms with van der Waals surface area (Å²) >= 11 is 0. The number of alkyl halides is 3. The van der Waals surface area contributed by atoms with Gasteiger partial charge in [0.25, 0.3) is 5.71 Å². The van der Waals surface area contributed by atoms with Crippen molar-refractivity contribution in [1.29, 1.82) is 0 Å². The minimum Gasteiger partial charge on any atom is -0.741 e. The van der Waals surface area contributed by atoms with E-state index < -0.39 is 23.9 Å². The molecule has 0 atom stereocenters. The van der Waals surface area contributed by atoms with Crippen molar-refractivity contribution >= 4 is 24.1 Å². The van der Waals surface area contributed by atoms with Crippen LogP contribution in [0.2, 0.25) is 18.1 Å². The second-order valence-corrected chi connectivity index (χ2v) is 14.2. The molecule has 0 aromatic carbocycles. The van der Waals surface area contributed by atoms with Gasteiger partial charge in [0.05, 0.1) is 0 Å². The zero-order valence-corrected chi connectivity index (χ0v) is 17.8. The molecule has 1 heterocycles. The summed E-state index contributed by atoms with van der Waals surface area (Å²) in [6, 6.07) is 0. The van der Waals surface area contributed by atoms with Crippen LogP contribution in [0, 0.1) is 0 Å². The van der Waals surface area contributed by atoms with E-state index in [-0.39, 0.29) is 10.6 Å². The van der Waals surface area contributed by atoms with Gasteiger partial charge < -0.3 is 9.08 Å². The topological polar surface area (TPSA) is 78.7 Å². The summed E-state index contributed by atoms with van der Waals surface area (Å²) in [4.78, 5) is 7.62. The summed E-state index contributed by atoms with van der Waals surface area (Å²) in [5, 5.41) is 0.193. The molecule has 11 heteroatoms. The maximum atomic E-state index is 10.7. The number of nitrogens with zero attached hydrogens (tertiary/aromatic N) is 1. The third-order valence-corrected chi connectivity index (χ3v) is 8.93. The molecule has 0 spiro atoms. The molecule has 1 rings (SSSR count). The molecule has 0 fully saturated rings. The van der Waals surface area contributed by atoms with Gasteiger partial charge in [-0.3, -0.25) is 0 Å². The smallest absolute Gasteiger partial charge is 0.485 e. The maximum absolute atomic E-state index is 10.7. The van der Waals surface area contributed by atoms with Gasteiger partial charge >= 0.3 is 13.8 Å². The van der Waals surface area contributed by atoms with Crippen molar-refractivity contribution in [3.8, 4) is 0 Å². The monoisotopic (exact) mass is 407 g/mol. The van der Waals surface area contributed by atoms with E-state index >= 15 is 0 Å². The first-order chi connectivity index (χ1) is 10.7. The van der Waals surface area contributed by atoms with Crippen LogP contribution >= 0.6 is 0 Å². The van der Waals surface area contributed by atoms with E-state index in [0.717, 1.165) is 12.8 Å². The van der Waals surface area contributed by atoms with Crippen molar-refractivity contribution in [3.63, 3.8) is 0 Å². The minimum atomic E-state index is -6.09. The second-order valence-electron chi connectivity index (χ2n) is 8.09. The summed E-state index contributed by atoms with van der Waals surface area (Å²) in [6.07, 6.45) is 2.10. The van der Waals surface area contributed by atoms with Gasteiger partial charge in [-0.25, -0.2) is 13.3 Å². The SMILES string of the molecule is CC1=[N+](O[Si](C)(C)C(C)(C)C)OC(C)(C)CC1.O=S(=O)([O-])C(F)(F)F. The first kappa shape index (κ1) is 24.2. The Morgan fingerprint density at radius 3 is 1.96 bits per heavy atom. The van der Waals surface area contributed by atoms with E-state index in [4.69, 9.17) is 22.3 Å². The maximum Gasteiger partial charge on any atom is 0.485 e. The van der Waals surface area contributed by atoms with Crippen LogP contribution in [0.25, 0.3) is 0 Å². The molecule has 0 amide bonds. The Labute approximate surface area is 148 Å². The van der Waals surface area contributed by atoms with E-state index in [1.807, 2.05) is 0 Å². The van der Waals surface area contributed by atoms with Gasteiger partial charge in [-0.15, -0.1) is 0 Å². The van der Waals surface area contributed by atoms with Crippen LogP contribution in [0.5, 0.6) is 0 Å². The van der Waals surface area contributed by atoms with Gasteiger partial charge in [0.2, 0.25) is 0 Å². The van der Waals surface area contributed by atoms with Gasteiger partial charge in [-0.2, -0.15) is 13.2 Å². The van der Waals surface area contributed by atoms with Gasteiger partial charge in [-0.05, 0) is 32.0 Å². The molecular weight excluding hydrogens is 379 g/mol. The van der Waals surface area contributed by atoms with Crippen molar-refractivity contribution in [3.05, 3.63) is 0 Å². The highest BCUT2D eigenvalue weighted by Crippen LogP contribution is 2.37. The molecular formula is C14H28F3NO5SSi. The summed E-state index contributed by atoms with van der Waals surface area (Å²) in [5.41, 5.74) is -4.59. The van der Waals surface area contributed by atoms with E-state index in [1.54, 1.807) is 4.90 Å². The second kappa shape index (κ2) is 7.43. The normalized spacial score (nSPS) is 18.9. The quantitative estimate of drug-likeness (QED) is 0.393. The average molecular weight is 408 g/mol. The van der Waals surface area contributed by atoms with Crippen molar-refractivity contribution < 1.29 is 40.4 Å². The Morgan fingerprint density at radius 2 is 1.64 bits per heavy atom. The first-order valence-corrected chi connectivity index (χ1v) is 12.0. The van der Waals surface area contributed by atoms with Crippen molar-refractivity contribution in [2.24, 2.45) is 0 Å². The van der Waals surface area contributed by atoms with Crippen LogP contribution in [0.4, 0.5) is 13.2 Å². The Balaban J connectivity index is 0.000000609. The third-order valence-electron chi connectivity index (χ3n) is 4.13. The molecule has 6 nitrogen and oxygen atoms in total. The molecule has 0 saturated carbocycles. The molecule has 0 radical (unpaired) electrons. The Morgan fingerprint density at radius 1 is 1.24 bits per heavy atom. The molecule has 1 aliphatic rings. The molecule has 150 valence electrons. The zero-order chi connectivity index (χ0) is 20.5. The standard InChI is InChI=1S/C13H28NO2Si.CHF3O3S/c1-11-9-10-13(5,6)15-14(11)16-17(7,8)12(2,3)4;2-1(3,4)8(5,6)7/h9-10H2,1-8H3;(H,5,6,7)/q+1;/p-1. The zero-order valence-electron chi connectivity index (χ0n) is 15.9. The highest BCUT2D eigenvalue weighted by atomic mass is 32.2. The van der Waals surface area contributed by atoms with Gasteiger partial charge in [0.1, 0.15) is 0 Å². The number of hydrogen-bond donors (Lipinski definition) is 0. The molecule has 0 aromatic heterocycles. The largest absolute Gasteiger partial charge is 0.741 e. The summed E-state index contributed by atoms with van der Waals surface area (Å²) in [6.45, 7) is 17.5. The van der Waals surface area contributed by atoms with E-state index in [9.17, 15) is 13.2 Å². The summed E-state index contributed by atoms with van der Waals surface area (Å²) in [5.74, 6) is 0. The highest BCUT2D eigenvalue weighted by molar-refractivity contribution is 7.86. The molecule has 0 N–H and O–H groups in total. The lowest BCUT2D eigenvalue weighted by molar-refractivity contribution is -0.962. The Hall–Kier alpha value is -0.813. The Kier molecular flexibility index (Phi) is 7.19. The lowest BCUT2D eigenvalue weighted by atomic mass is 10.0.